The van der Waals surface area contributed by atoms with Crippen molar-refractivity contribution in [2.24, 2.45) is 0 Å². The fourth-order valence-corrected chi connectivity index (χ4v) is 6.81. The molecule has 4 aromatic carbocycles. The van der Waals surface area contributed by atoms with E-state index in [4.69, 9.17) is 30.5 Å². The molecular weight excluding hydrogens is 614 g/mol. The summed E-state index contributed by atoms with van der Waals surface area (Å²) in [7, 11) is 1.59. The van der Waals surface area contributed by atoms with Crippen LogP contribution in [0.3, 0.4) is 0 Å². The highest BCUT2D eigenvalue weighted by molar-refractivity contribution is 7.99. The molecule has 0 radical (unpaired) electrons. The maximum absolute atomic E-state index is 13.8. The van der Waals surface area contributed by atoms with E-state index in [1.165, 1.54) is 16.7 Å². The average molecular weight is 646 g/mol. The standard InChI is InChI=1S/C35H32ClNO7S/c1-41-25-15-11-23(12-16-25)20-43-32-30(37-33(39)27-9-5-6-10-28(27)34(37)40)35(45-26-17-13-24(36)14-18-26)44-29(31(32)38)21-42-19-22-7-3-2-4-8-22/h2-18,29-32,35,38H,19-21H2,1H3/t29-,30-,31-,32-,35+/m1/s1. The third-order valence-corrected chi connectivity index (χ3v) is 9.25. The summed E-state index contributed by atoms with van der Waals surface area (Å²) in [6.07, 6.45) is -3.04. The van der Waals surface area contributed by atoms with Gasteiger partial charge < -0.3 is 24.1 Å². The Kier molecular flexibility index (Phi) is 9.85. The number of thioether (sulfide) groups is 1. The molecule has 2 heterocycles. The van der Waals surface area contributed by atoms with E-state index in [0.717, 1.165) is 16.0 Å². The number of amides is 2. The zero-order chi connectivity index (χ0) is 31.3. The van der Waals surface area contributed by atoms with Crippen LogP contribution in [0, 0.1) is 0 Å². The summed E-state index contributed by atoms with van der Waals surface area (Å²) >= 11 is 7.48. The molecule has 8 nitrogen and oxygen atoms in total. The van der Waals surface area contributed by atoms with Gasteiger partial charge in [-0.05, 0) is 59.7 Å². The molecule has 0 spiro atoms. The predicted molar refractivity (Wildman–Crippen MR) is 170 cm³/mol. The number of hydrogen-bond acceptors (Lipinski definition) is 8. The number of ether oxygens (including phenoxy) is 4. The lowest BCUT2D eigenvalue weighted by Crippen LogP contribution is -2.65. The summed E-state index contributed by atoms with van der Waals surface area (Å²) in [6.45, 7) is 0.494. The highest BCUT2D eigenvalue weighted by Crippen LogP contribution is 2.40. The Morgan fingerprint density at radius 3 is 2.09 bits per heavy atom. The van der Waals surface area contributed by atoms with Gasteiger partial charge in [0.2, 0.25) is 0 Å². The van der Waals surface area contributed by atoms with E-state index in [-0.39, 0.29) is 13.2 Å². The van der Waals surface area contributed by atoms with Crippen LogP contribution in [0.5, 0.6) is 5.75 Å². The molecule has 1 N–H and O–H groups in total. The number of carbonyl (C=O) groups excluding carboxylic acids is 2. The lowest BCUT2D eigenvalue weighted by Gasteiger charge is -2.47. The van der Waals surface area contributed by atoms with Crippen LogP contribution in [-0.4, -0.2) is 65.3 Å². The maximum Gasteiger partial charge on any atom is 0.262 e. The second-order valence-electron chi connectivity index (χ2n) is 10.7. The minimum absolute atomic E-state index is 0.0605. The molecule has 2 aliphatic rings. The van der Waals surface area contributed by atoms with E-state index in [1.54, 1.807) is 43.5 Å². The first-order valence-corrected chi connectivity index (χ1v) is 15.8. The first-order valence-electron chi connectivity index (χ1n) is 14.5. The van der Waals surface area contributed by atoms with Crippen LogP contribution in [0.1, 0.15) is 31.8 Å². The second-order valence-corrected chi connectivity index (χ2v) is 12.4. The molecule has 2 aliphatic heterocycles. The Bertz CT molecular complexity index is 1580. The Labute approximate surface area is 270 Å². The van der Waals surface area contributed by atoms with E-state index in [2.05, 4.69) is 0 Å². The van der Waals surface area contributed by atoms with Gasteiger partial charge in [-0.3, -0.25) is 14.5 Å². The van der Waals surface area contributed by atoms with Crippen LogP contribution in [0.2, 0.25) is 5.02 Å². The van der Waals surface area contributed by atoms with E-state index in [9.17, 15) is 14.7 Å². The number of imide groups is 1. The van der Waals surface area contributed by atoms with Crippen LogP contribution in [0.4, 0.5) is 0 Å². The third kappa shape index (κ3) is 6.94. The summed E-state index contributed by atoms with van der Waals surface area (Å²) in [5, 5.41) is 12.4. The lowest BCUT2D eigenvalue weighted by atomic mass is 9.96. The molecule has 45 heavy (non-hydrogen) atoms. The summed E-state index contributed by atoms with van der Waals surface area (Å²) < 4.78 is 24.2. The number of aliphatic hydroxyl groups is 1. The van der Waals surface area contributed by atoms with Gasteiger partial charge in [0.05, 0.1) is 38.1 Å². The summed E-state index contributed by atoms with van der Waals surface area (Å²) in [4.78, 5) is 29.6. The maximum atomic E-state index is 13.8. The molecule has 1 saturated heterocycles. The Morgan fingerprint density at radius 1 is 0.822 bits per heavy atom. The van der Waals surface area contributed by atoms with Crippen molar-refractivity contribution in [3.8, 4) is 5.75 Å². The number of aliphatic hydroxyl groups excluding tert-OH is 1. The molecule has 10 heteroatoms. The van der Waals surface area contributed by atoms with Gasteiger partial charge >= 0.3 is 0 Å². The van der Waals surface area contributed by atoms with E-state index < -0.39 is 41.6 Å². The van der Waals surface area contributed by atoms with E-state index >= 15 is 0 Å². The molecule has 2 amide bonds. The van der Waals surface area contributed by atoms with Gasteiger partial charge in [-0.1, -0.05) is 78.0 Å². The third-order valence-electron chi connectivity index (χ3n) is 7.83. The quantitative estimate of drug-likeness (QED) is 0.199. The molecule has 0 unspecified atom stereocenters. The number of nitrogens with zero attached hydrogens (tertiary/aromatic N) is 1. The van der Waals surface area contributed by atoms with Gasteiger partial charge in [0.25, 0.3) is 11.8 Å². The number of methoxy groups -OCH3 is 1. The van der Waals surface area contributed by atoms with Gasteiger partial charge in [-0.2, -0.15) is 0 Å². The summed E-state index contributed by atoms with van der Waals surface area (Å²) in [5.41, 5.74) is 1.60. The van der Waals surface area contributed by atoms with Crippen molar-refractivity contribution in [3.05, 3.63) is 130 Å². The van der Waals surface area contributed by atoms with Crippen molar-refractivity contribution < 1.29 is 33.6 Å². The second kappa shape index (κ2) is 14.2. The number of rotatable bonds is 11. The van der Waals surface area contributed by atoms with Crippen molar-refractivity contribution in [3.63, 3.8) is 0 Å². The monoisotopic (exact) mass is 645 g/mol. The van der Waals surface area contributed by atoms with Crippen LogP contribution in [0.15, 0.2) is 108 Å². The number of fused-ring (bicyclic) bond motifs is 1. The summed E-state index contributed by atoms with van der Waals surface area (Å²) in [5.74, 6) is -0.228. The molecule has 0 aromatic heterocycles. The number of carbonyl (C=O) groups is 2. The molecule has 0 bridgehead atoms. The van der Waals surface area contributed by atoms with Crippen LogP contribution in [-0.2, 0) is 27.4 Å². The van der Waals surface area contributed by atoms with Crippen molar-refractivity contribution in [1.82, 2.24) is 4.90 Å². The average Bonchev–Trinajstić information content (AvgIpc) is 3.32. The van der Waals surface area contributed by atoms with Gasteiger partial charge in [0.15, 0.2) is 0 Å². The van der Waals surface area contributed by atoms with E-state index in [1.807, 2.05) is 66.7 Å². The van der Waals surface area contributed by atoms with Gasteiger partial charge in [0.1, 0.15) is 35.5 Å². The summed E-state index contributed by atoms with van der Waals surface area (Å²) in [6, 6.07) is 30.0. The molecule has 232 valence electrons. The van der Waals surface area contributed by atoms with Gasteiger partial charge in [-0.25, -0.2) is 0 Å². The van der Waals surface area contributed by atoms with Crippen LogP contribution in [0.25, 0.3) is 0 Å². The fraction of sp³-hybridized carbons (Fsp3) is 0.257. The zero-order valence-corrected chi connectivity index (χ0v) is 26.0. The van der Waals surface area contributed by atoms with Crippen molar-refractivity contribution >= 4 is 35.2 Å². The molecule has 5 atom stereocenters. The molecule has 4 aromatic rings. The van der Waals surface area contributed by atoms with Gasteiger partial charge in [-0.15, -0.1) is 0 Å². The highest BCUT2D eigenvalue weighted by atomic mass is 35.5. The smallest absolute Gasteiger partial charge is 0.262 e. The molecule has 1 fully saturated rings. The largest absolute Gasteiger partial charge is 0.497 e. The highest BCUT2D eigenvalue weighted by Gasteiger charge is 2.54. The Hall–Kier alpha value is -3.70. The zero-order valence-electron chi connectivity index (χ0n) is 24.5. The lowest BCUT2D eigenvalue weighted by molar-refractivity contribution is -0.205. The molecular formula is C35H32ClNO7S. The SMILES string of the molecule is COc1ccc(CO[C@H]2[C@H](O)[C@@H](COCc3ccccc3)O[C@@H](Sc3ccc(Cl)cc3)[C@@H]2N2C(=O)c3ccccc3C2=O)cc1. The van der Waals surface area contributed by atoms with E-state index in [0.29, 0.717) is 28.5 Å². The van der Waals surface area contributed by atoms with Crippen LogP contribution < -0.4 is 4.74 Å². The van der Waals surface area contributed by atoms with Crippen LogP contribution >= 0.6 is 23.4 Å². The molecule has 6 rings (SSSR count). The topological polar surface area (TPSA) is 94.5 Å². The first kappa shape index (κ1) is 31.3. The minimum Gasteiger partial charge on any atom is -0.497 e. The molecule has 0 aliphatic carbocycles. The Balaban J connectivity index is 1.33. The Morgan fingerprint density at radius 2 is 1.44 bits per heavy atom. The number of halogens is 1. The predicted octanol–water partition coefficient (Wildman–Crippen LogP) is 5.99. The van der Waals surface area contributed by atoms with Crippen molar-refractivity contribution in [2.75, 3.05) is 13.7 Å². The number of hydrogen-bond donors (Lipinski definition) is 1. The van der Waals surface area contributed by atoms with Crippen molar-refractivity contribution in [2.45, 2.75) is 47.9 Å². The molecule has 0 saturated carbocycles. The number of benzene rings is 4. The van der Waals surface area contributed by atoms with Crippen molar-refractivity contribution in [1.29, 1.82) is 0 Å². The van der Waals surface area contributed by atoms with Gasteiger partial charge in [0, 0.05) is 9.92 Å². The minimum atomic E-state index is -1.23. The fourth-order valence-electron chi connectivity index (χ4n) is 5.51. The first-order chi connectivity index (χ1) is 21.9. The normalized spacial score (nSPS) is 22.8.